The van der Waals surface area contributed by atoms with Gasteiger partial charge in [-0.25, -0.2) is 0 Å². The number of thiocarbonyl (C=S) groups is 1. The molecule has 1 unspecified atom stereocenters. The van der Waals surface area contributed by atoms with Gasteiger partial charge in [-0.15, -0.1) is 0 Å². The first-order valence-electron chi connectivity index (χ1n) is 7.15. The first kappa shape index (κ1) is 15.4. The lowest BCUT2D eigenvalue weighted by atomic mass is 9.99. The van der Waals surface area contributed by atoms with Crippen LogP contribution in [0.15, 0.2) is 42.7 Å². The Morgan fingerprint density at radius 3 is 2.67 bits per heavy atom. The molecule has 0 fully saturated rings. The molecule has 2 rings (SSSR count). The number of aromatic nitrogens is 1. The van der Waals surface area contributed by atoms with Gasteiger partial charge in [-0.3, -0.25) is 4.98 Å². The third-order valence-corrected chi connectivity index (χ3v) is 3.79. The molecule has 0 saturated heterocycles. The summed E-state index contributed by atoms with van der Waals surface area (Å²) in [5, 5.41) is 7.15. The largest absolute Gasteiger partial charge is 0.356 e. The minimum atomic E-state index is 0.209. The van der Waals surface area contributed by atoms with E-state index in [1.54, 1.807) is 12.4 Å². The number of nitrogens with zero attached hydrogens (tertiary/aromatic N) is 1. The molecule has 2 aromatic rings. The first-order chi connectivity index (χ1) is 10.1. The normalized spacial score (nSPS) is 11.8. The maximum Gasteiger partial charge on any atom is 0.171 e. The van der Waals surface area contributed by atoms with Crippen LogP contribution >= 0.6 is 12.2 Å². The van der Waals surface area contributed by atoms with Crippen LogP contribution in [0.3, 0.4) is 0 Å². The third-order valence-electron chi connectivity index (χ3n) is 3.57. The Labute approximate surface area is 131 Å². The highest BCUT2D eigenvalue weighted by Gasteiger charge is 2.11. The monoisotopic (exact) mass is 299 g/mol. The number of anilines is 1. The van der Waals surface area contributed by atoms with Crippen LogP contribution in [0.4, 0.5) is 5.69 Å². The van der Waals surface area contributed by atoms with Gasteiger partial charge in [0.25, 0.3) is 0 Å². The summed E-state index contributed by atoms with van der Waals surface area (Å²) in [5.41, 5.74) is 4.77. The Morgan fingerprint density at radius 2 is 2.05 bits per heavy atom. The van der Waals surface area contributed by atoms with Crippen LogP contribution in [0.1, 0.15) is 36.1 Å². The smallest absolute Gasteiger partial charge is 0.171 e. The van der Waals surface area contributed by atoms with Crippen molar-refractivity contribution in [3.8, 4) is 0 Å². The summed E-state index contributed by atoms with van der Waals surface area (Å²) in [5.74, 6) is 0. The molecule has 4 heteroatoms. The molecule has 110 valence electrons. The van der Waals surface area contributed by atoms with E-state index in [1.807, 2.05) is 12.1 Å². The van der Waals surface area contributed by atoms with Crippen molar-refractivity contribution >= 4 is 23.0 Å². The highest BCUT2D eigenvalue weighted by Crippen LogP contribution is 2.20. The fraction of sp³-hybridized carbons (Fsp3) is 0.294. The molecule has 0 aliphatic carbocycles. The molecule has 3 nitrogen and oxygen atoms in total. The molecule has 1 aromatic heterocycles. The highest BCUT2D eigenvalue weighted by molar-refractivity contribution is 7.80. The Morgan fingerprint density at radius 1 is 1.24 bits per heavy atom. The molecule has 0 bridgehead atoms. The molecular weight excluding hydrogens is 278 g/mol. The second-order valence-corrected chi connectivity index (χ2v) is 5.55. The van der Waals surface area contributed by atoms with Crippen molar-refractivity contribution < 1.29 is 0 Å². The van der Waals surface area contributed by atoms with E-state index in [0.29, 0.717) is 5.11 Å². The topological polar surface area (TPSA) is 37.0 Å². The average Bonchev–Trinajstić information content (AvgIpc) is 2.49. The van der Waals surface area contributed by atoms with Gasteiger partial charge in [0.15, 0.2) is 5.11 Å². The number of hydrogen-bond donors (Lipinski definition) is 2. The predicted octanol–water partition coefficient (Wildman–Crippen LogP) is 4.14. The van der Waals surface area contributed by atoms with Crippen LogP contribution in [0.2, 0.25) is 0 Å². The lowest BCUT2D eigenvalue weighted by Crippen LogP contribution is -2.32. The number of rotatable bonds is 4. The quantitative estimate of drug-likeness (QED) is 0.832. The number of aryl methyl sites for hydroxylation is 2. The summed E-state index contributed by atoms with van der Waals surface area (Å²) >= 11 is 5.39. The van der Waals surface area contributed by atoms with Gasteiger partial charge < -0.3 is 10.6 Å². The number of pyridine rings is 1. The number of nitrogens with one attached hydrogen (secondary N) is 2. The Bertz CT molecular complexity index is 611. The molecule has 0 aliphatic heterocycles. The van der Waals surface area contributed by atoms with Gasteiger partial charge in [-0.2, -0.15) is 0 Å². The molecule has 0 aliphatic rings. The van der Waals surface area contributed by atoms with E-state index in [1.165, 1.54) is 16.7 Å². The van der Waals surface area contributed by atoms with Gasteiger partial charge >= 0.3 is 0 Å². The van der Waals surface area contributed by atoms with E-state index in [9.17, 15) is 0 Å². The molecular formula is C17H21N3S. The van der Waals surface area contributed by atoms with E-state index in [2.05, 4.69) is 54.6 Å². The van der Waals surface area contributed by atoms with Crippen molar-refractivity contribution in [1.29, 1.82) is 0 Å². The molecule has 0 saturated carbocycles. The van der Waals surface area contributed by atoms with Gasteiger partial charge in [-0.05, 0) is 61.3 Å². The summed E-state index contributed by atoms with van der Waals surface area (Å²) in [6.07, 6.45) is 4.47. The minimum Gasteiger partial charge on any atom is -0.356 e. The van der Waals surface area contributed by atoms with Gasteiger partial charge in [0, 0.05) is 6.20 Å². The predicted molar refractivity (Wildman–Crippen MR) is 92.5 cm³/mol. The SMILES string of the molecule is CCC(NC(=S)Nc1cccnc1)c1ccc(C)c(C)c1. The van der Waals surface area contributed by atoms with Crippen molar-refractivity contribution in [1.82, 2.24) is 10.3 Å². The van der Waals surface area contributed by atoms with Crippen LogP contribution in [0.25, 0.3) is 0 Å². The van der Waals surface area contributed by atoms with E-state index in [4.69, 9.17) is 12.2 Å². The molecule has 21 heavy (non-hydrogen) atoms. The molecule has 2 N–H and O–H groups in total. The molecule has 0 spiro atoms. The molecule has 1 heterocycles. The van der Waals surface area contributed by atoms with Gasteiger partial charge in [0.2, 0.25) is 0 Å². The van der Waals surface area contributed by atoms with Crippen LogP contribution in [-0.4, -0.2) is 10.1 Å². The summed E-state index contributed by atoms with van der Waals surface area (Å²) in [6.45, 7) is 6.42. The zero-order valence-corrected chi connectivity index (χ0v) is 13.5. The van der Waals surface area contributed by atoms with E-state index in [-0.39, 0.29) is 6.04 Å². The fourth-order valence-corrected chi connectivity index (χ4v) is 2.42. The zero-order valence-electron chi connectivity index (χ0n) is 12.7. The van der Waals surface area contributed by atoms with Crippen molar-refractivity contribution in [3.63, 3.8) is 0 Å². The highest BCUT2D eigenvalue weighted by atomic mass is 32.1. The van der Waals surface area contributed by atoms with Crippen LogP contribution < -0.4 is 10.6 Å². The standard InChI is InChI=1S/C17H21N3S/c1-4-16(14-8-7-12(2)13(3)10-14)20-17(21)19-15-6-5-9-18-11-15/h5-11,16H,4H2,1-3H3,(H2,19,20,21). The van der Waals surface area contributed by atoms with Gasteiger partial charge in [0.1, 0.15) is 0 Å². The molecule has 1 atom stereocenters. The zero-order chi connectivity index (χ0) is 15.2. The fourth-order valence-electron chi connectivity index (χ4n) is 2.16. The second-order valence-electron chi connectivity index (χ2n) is 5.14. The summed E-state index contributed by atoms with van der Waals surface area (Å²) in [6, 6.07) is 10.6. The maximum absolute atomic E-state index is 5.39. The molecule has 1 aromatic carbocycles. The summed E-state index contributed by atoms with van der Waals surface area (Å²) in [4.78, 5) is 4.07. The molecule has 0 radical (unpaired) electrons. The Kier molecular flexibility index (Phi) is 5.28. The van der Waals surface area contributed by atoms with E-state index in [0.717, 1.165) is 12.1 Å². The van der Waals surface area contributed by atoms with Crippen LogP contribution in [0, 0.1) is 13.8 Å². The number of hydrogen-bond acceptors (Lipinski definition) is 2. The first-order valence-corrected chi connectivity index (χ1v) is 7.55. The Hall–Kier alpha value is -1.94. The van der Waals surface area contributed by atoms with Crippen molar-refractivity contribution in [2.75, 3.05) is 5.32 Å². The second kappa shape index (κ2) is 7.18. The summed E-state index contributed by atoms with van der Waals surface area (Å²) < 4.78 is 0. The van der Waals surface area contributed by atoms with E-state index < -0.39 is 0 Å². The summed E-state index contributed by atoms with van der Waals surface area (Å²) in [7, 11) is 0. The minimum absolute atomic E-state index is 0.209. The van der Waals surface area contributed by atoms with Crippen molar-refractivity contribution in [2.45, 2.75) is 33.2 Å². The maximum atomic E-state index is 5.39. The van der Waals surface area contributed by atoms with Crippen molar-refractivity contribution in [2.24, 2.45) is 0 Å². The van der Waals surface area contributed by atoms with E-state index >= 15 is 0 Å². The average molecular weight is 299 g/mol. The van der Waals surface area contributed by atoms with Crippen LogP contribution in [-0.2, 0) is 0 Å². The Balaban J connectivity index is 2.04. The molecule has 0 amide bonds. The third kappa shape index (κ3) is 4.26. The van der Waals surface area contributed by atoms with Crippen LogP contribution in [0.5, 0.6) is 0 Å². The van der Waals surface area contributed by atoms with Gasteiger partial charge in [-0.1, -0.05) is 25.1 Å². The lowest BCUT2D eigenvalue weighted by Gasteiger charge is -2.20. The van der Waals surface area contributed by atoms with Crippen molar-refractivity contribution in [3.05, 3.63) is 59.4 Å². The van der Waals surface area contributed by atoms with Gasteiger partial charge in [0.05, 0.1) is 17.9 Å². The lowest BCUT2D eigenvalue weighted by molar-refractivity contribution is 0.628. The number of benzene rings is 1.